The molecule has 0 aromatic heterocycles. The van der Waals surface area contributed by atoms with Crippen molar-refractivity contribution in [2.45, 2.75) is 20.3 Å². The fourth-order valence-electron chi connectivity index (χ4n) is 2.02. The highest BCUT2D eigenvalue weighted by atomic mass is 19.1. The maximum absolute atomic E-state index is 13.0. The van der Waals surface area contributed by atoms with Crippen LogP contribution in [-0.2, 0) is 11.2 Å². The monoisotopic (exact) mass is 287 g/mol. The summed E-state index contributed by atoms with van der Waals surface area (Å²) in [6.45, 7) is 4.30. The van der Waals surface area contributed by atoms with Crippen LogP contribution in [0.4, 0.5) is 10.1 Å². The topological polar surface area (TPSA) is 38.3 Å². The first kappa shape index (κ1) is 15.0. The lowest BCUT2D eigenvalue weighted by Crippen LogP contribution is -2.15. The Labute approximate surface area is 123 Å². The second kappa shape index (κ2) is 6.88. The number of nitrogens with one attached hydrogen (secondary N) is 1. The van der Waals surface area contributed by atoms with Gasteiger partial charge in [0.2, 0.25) is 5.91 Å². The lowest BCUT2D eigenvalue weighted by atomic mass is 10.1. The normalized spacial score (nSPS) is 10.2. The van der Waals surface area contributed by atoms with Crippen LogP contribution in [0.15, 0.2) is 42.5 Å². The highest BCUT2D eigenvalue weighted by Crippen LogP contribution is 2.17. The third kappa shape index (κ3) is 4.31. The molecule has 0 unspecified atom stereocenters. The van der Waals surface area contributed by atoms with E-state index in [0.717, 1.165) is 11.3 Å². The Morgan fingerprint density at radius 1 is 1.19 bits per heavy atom. The zero-order valence-electron chi connectivity index (χ0n) is 12.2. The van der Waals surface area contributed by atoms with Crippen LogP contribution in [0.2, 0.25) is 0 Å². The van der Waals surface area contributed by atoms with Crippen LogP contribution in [0.1, 0.15) is 18.1 Å². The van der Waals surface area contributed by atoms with E-state index in [9.17, 15) is 9.18 Å². The van der Waals surface area contributed by atoms with E-state index < -0.39 is 0 Å². The number of halogens is 1. The second-order valence-electron chi connectivity index (χ2n) is 4.76. The number of hydrogen-bond acceptors (Lipinski definition) is 2. The minimum atomic E-state index is -0.308. The van der Waals surface area contributed by atoms with Crippen LogP contribution < -0.4 is 10.1 Å². The molecule has 0 fully saturated rings. The molecule has 0 aliphatic rings. The van der Waals surface area contributed by atoms with E-state index in [2.05, 4.69) is 5.32 Å². The molecule has 0 bridgehead atoms. The molecule has 2 rings (SSSR count). The largest absolute Gasteiger partial charge is 0.494 e. The first-order chi connectivity index (χ1) is 10.1. The molecule has 0 radical (unpaired) electrons. The minimum absolute atomic E-state index is 0.131. The Morgan fingerprint density at radius 3 is 2.52 bits per heavy atom. The Bertz CT molecular complexity index is 623. The number of rotatable bonds is 5. The molecule has 0 saturated carbocycles. The van der Waals surface area contributed by atoms with E-state index in [1.165, 1.54) is 12.1 Å². The SMILES string of the molecule is CCOc1ccc(CC(=O)Nc2ccc(F)cc2C)cc1. The predicted molar refractivity (Wildman–Crippen MR) is 81.1 cm³/mol. The van der Waals surface area contributed by atoms with Crippen molar-refractivity contribution in [3.63, 3.8) is 0 Å². The number of amides is 1. The number of carbonyl (C=O) groups is 1. The zero-order valence-corrected chi connectivity index (χ0v) is 12.2. The molecular formula is C17H18FNO2. The van der Waals surface area contributed by atoms with E-state index in [1.54, 1.807) is 13.0 Å². The van der Waals surface area contributed by atoms with E-state index in [-0.39, 0.29) is 18.1 Å². The first-order valence-corrected chi connectivity index (χ1v) is 6.86. The smallest absolute Gasteiger partial charge is 0.228 e. The van der Waals surface area contributed by atoms with E-state index in [0.29, 0.717) is 17.9 Å². The van der Waals surface area contributed by atoms with Gasteiger partial charge in [-0.3, -0.25) is 4.79 Å². The summed E-state index contributed by atoms with van der Waals surface area (Å²) in [7, 11) is 0. The summed E-state index contributed by atoms with van der Waals surface area (Å²) < 4.78 is 18.4. The summed E-state index contributed by atoms with van der Waals surface area (Å²) in [5.41, 5.74) is 2.23. The summed E-state index contributed by atoms with van der Waals surface area (Å²) in [4.78, 5) is 12.0. The van der Waals surface area contributed by atoms with Crippen molar-refractivity contribution < 1.29 is 13.9 Å². The Kier molecular flexibility index (Phi) is 4.93. The van der Waals surface area contributed by atoms with Crippen molar-refractivity contribution in [2.24, 2.45) is 0 Å². The molecule has 0 spiro atoms. The fraction of sp³-hybridized carbons (Fsp3) is 0.235. The Hall–Kier alpha value is -2.36. The summed E-state index contributed by atoms with van der Waals surface area (Å²) in [5, 5.41) is 2.79. The molecule has 2 aromatic carbocycles. The first-order valence-electron chi connectivity index (χ1n) is 6.86. The van der Waals surface area contributed by atoms with Crippen LogP contribution in [0.5, 0.6) is 5.75 Å². The van der Waals surface area contributed by atoms with E-state index in [1.807, 2.05) is 31.2 Å². The lowest BCUT2D eigenvalue weighted by Gasteiger charge is -2.09. The minimum Gasteiger partial charge on any atom is -0.494 e. The van der Waals surface area contributed by atoms with Crippen molar-refractivity contribution in [1.29, 1.82) is 0 Å². The van der Waals surface area contributed by atoms with Gasteiger partial charge in [-0.15, -0.1) is 0 Å². The third-order valence-corrected chi connectivity index (χ3v) is 3.06. The van der Waals surface area contributed by atoms with Crippen LogP contribution in [-0.4, -0.2) is 12.5 Å². The van der Waals surface area contributed by atoms with Crippen molar-refractivity contribution >= 4 is 11.6 Å². The van der Waals surface area contributed by atoms with Crippen molar-refractivity contribution in [2.75, 3.05) is 11.9 Å². The van der Waals surface area contributed by atoms with Gasteiger partial charge >= 0.3 is 0 Å². The van der Waals surface area contributed by atoms with Crippen molar-refractivity contribution in [3.8, 4) is 5.75 Å². The average molecular weight is 287 g/mol. The molecular weight excluding hydrogens is 269 g/mol. The van der Waals surface area contributed by atoms with Gasteiger partial charge in [0.1, 0.15) is 11.6 Å². The highest BCUT2D eigenvalue weighted by molar-refractivity contribution is 5.92. The van der Waals surface area contributed by atoms with Crippen molar-refractivity contribution in [1.82, 2.24) is 0 Å². The summed E-state index contributed by atoms with van der Waals surface area (Å²) in [5.74, 6) is 0.349. The number of ether oxygens (including phenoxy) is 1. The van der Waals surface area contributed by atoms with Gasteiger partial charge in [-0.2, -0.15) is 0 Å². The van der Waals surface area contributed by atoms with E-state index >= 15 is 0 Å². The summed E-state index contributed by atoms with van der Waals surface area (Å²) in [6, 6.07) is 11.7. The molecule has 0 aliphatic heterocycles. The lowest BCUT2D eigenvalue weighted by molar-refractivity contribution is -0.115. The Morgan fingerprint density at radius 2 is 1.90 bits per heavy atom. The predicted octanol–water partition coefficient (Wildman–Crippen LogP) is 3.71. The zero-order chi connectivity index (χ0) is 15.2. The van der Waals surface area contributed by atoms with Crippen LogP contribution in [0.25, 0.3) is 0 Å². The van der Waals surface area contributed by atoms with Crippen LogP contribution in [0.3, 0.4) is 0 Å². The van der Waals surface area contributed by atoms with Crippen LogP contribution >= 0.6 is 0 Å². The van der Waals surface area contributed by atoms with Gasteiger partial charge in [0.05, 0.1) is 13.0 Å². The second-order valence-corrected chi connectivity index (χ2v) is 4.76. The summed E-state index contributed by atoms with van der Waals surface area (Å²) in [6.07, 6.45) is 0.267. The average Bonchev–Trinajstić information content (AvgIpc) is 2.44. The highest BCUT2D eigenvalue weighted by Gasteiger charge is 2.07. The summed E-state index contributed by atoms with van der Waals surface area (Å²) >= 11 is 0. The molecule has 110 valence electrons. The number of carbonyl (C=O) groups excluding carboxylic acids is 1. The quantitative estimate of drug-likeness (QED) is 0.910. The molecule has 21 heavy (non-hydrogen) atoms. The molecule has 2 aromatic rings. The standard InChI is InChI=1S/C17H18FNO2/c1-3-21-15-7-4-13(5-8-15)11-17(20)19-16-9-6-14(18)10-12(16)2/h4-10H,3,11H2,1-2H3,(H,19,20). The van der Waals surface area contributed by atoms with Crippen molar-refractivity contribution in [3.05, 3.63) is 59.4 Å². The Balaban J connectivity index is 1.98. The molecule has 0 atom stereocenters. The third-order valence-electron chi connectivity index (χ3n) is 3.06. The molecule has 0 aliphatic carbocycles. The number of hydrogen-bond donors (Lipinski definition) is 1. The van der Waals surface area contributed by atoms with Crippen LogP contribution in [0, 0.1) is 12.7 Å². The number of anilines is 1. The molecule has 4 heteroatoms. The maximum Gasteiger partial charge on any atom is 0.228 e. The molecule has 1 amide bonds. The molecule has 3 nitrogen and oxygen atoms in total. The van der Waals surface area contributed by atoms with E-state index in [4.69, 9.17) is 4.74 Å². The van der Waals surface area contributed by atoms with Gasteiger partial charge in [0, 0.05) is 5.69 Å². The number of aryl methyl sites for hydroxylation is 1. The van der Waals surface area contributed by atoms with Gasteiger partial charge < -0.3 is 10.1 Å². The van der Waals surface area contributed by atoms with Gasteiger partial charge in [0.25, 0.3) is 0 Å². The van der Waals surface area contributed by atoms with Gasteiger partial charge in [-0.25, -0.2) is 4.39 Å². The fourth-order valence-corrected chi connectivity index (χ4v) is 2.02. The molecule has 1 N–H and O–H groups in total. The molecule has 0 saturated heterocycles. The van der Waals surface area contributed by atoms with Gasteiger partial charge in [0.15, 0.2) is 0 Å². The maximum atomic E-state index is 13.0. The molecule has 0 heterocycles. The van der Waals surface area contributed by atoms with Gasteiger partial charge in [-0.1, -0.05) is 12.1 Å². The number of benzene rings is 2. The van der Waals surface area contributed by atoms with Gasteiger partial charge in [-0.05, 0) is 55.3 Å².